The zero-order valence-corrected chi connectivity index (χ0v) is 27.2. The summed E-state index contributed by atoms with van der Waals surface area (Å²) >= 11 is 0. The number of ether oxygens (including phenoxy) is 2. The van der Waals surface area contributed by atoms with Crippen LogP contribution in [0.1, 0.15) is 92.4 Å². The molecule has 0 aromatic heterocycles. The van der Waals surface area contributed by atoms with Crippen molar-refractivity contribution in [3.8, 4) is 0 Å². The molecule has 10 heteroatoms. The van der Waals surface area contributed by atoms with Crippen LogP contribution in [0.2, 0.25) is 0 Å². The van der Waals surface area contributed by atoms with Gasteiger partial charge < -0.3 is 50.3 Å². The molecule has 5 aliphatic rings. The van der Waals surface area contributed by atoms with Crippen LogP contribution < -0.4 is 0 Å². The summed E-state index contributed by atoms with van der Waals surface area (Å²) in [5.74, 6) is 0.0924. The van der Waals surface area contributed by atoms with Crippen LogP contribution in [0.25, 0.3) is 0 Å². The Morgan fingerprint density at radius 3 is 2.23 bits per heavy atom. The van der Waals surface area contributed by atoms with E-state index in [0.29, 0.717) is 37.7 Å². The van der Waals surface area contributed by atoms with E-state index < -0.39 is 67.3 Å². The lowest BCUT2D eigenvalue weighted by atomic mass is 9.37. The number of hydrogen-bond donors (Lipinski definition) is 8. The van der Waals surface area contributed by atoms with Gasteiger partial charge in [0.05, 0.1) is 36.6 Å². The molecule has 0 aromatic rings. The molecular formula is C34H58O10. The standard InChI is InChI=1S/C34H58O10/c1-17(2)20(36)9-12-34(6,44-30-29(42)28(41)27(40)24(16-35)43-30)19-8-11-33(5)26(19)22(38)14-25-31(3)15-23(39)21(37)13-18(31)7-10-32(25,33)4/h18-30,35-42H,1,7-16H2,2-6H3/t18?,19-,20-,21+,22?,23+,24-,25?,26?,27-,28+,29-,30+,31-,32+,33+,34-/m0/s1. The molecule has 0 radical (unpaired) electrons. The third-order valence-electron chi connectivity index (χ3n) is 14.0. The molecule has 254 valence electrons. The van der Waals surface area contributed by atoms with Crippen molar-refractivity contribution in [3.63, 3.8) is 0 Å². The second-order valence-corrected chi connectivity index (χ2v) is 16.2. The zero-order chi connectivity index (χ0) is 32.6. The van der Waals surface area contributed by atoms with E-state index in [1.165, 1.54) is 0 Å². The van der Waals surface area contributed by atoms with Crippen LogP contribution in [0.3, 0.4) is 0 Å². The van der Waals surface area contributed by atoms with Crippen molar-refractivity contribution in [1.29, 1.82) is 0 Å². The van der Waals surface area contributed by atoms with Gasteiger partial charge in [-0.15, -0.1) is 0 Å². The topological polar surface area (TPSA) is 180 Å². The largest absolute Gasteiger partial charge is 0.394 e. The quantitative estimate of drug-likeness (QED) is 0.185. The highest BCUT2D eigenvalue weighted by molar-refractivity contribution is 5.19. The molecule has 4 saturated carbocycles. The van der Waals surface area contributed by atoms with Gasteiger partial charge in [-0.25, -0.2) is 0 Å². The normalized spacial score (nSPS) is 52.8. The predicted octanol–water partition coefficient (Wildman–Crippen LogP) is 1.63. The van der Waals surface area contributed by atoms with Gasteiger partial charge in [-0.2, -0.15) is 0 Å². The van der Waals surface area contributed by atoms with E-state index in [1.807, 2.05) is 6.92 Å². The Labute approximate surface area is 262 Å². The van der Waals surface area contributed by atoms with E-state index in [9.17, 15) is 40.9 Å². The van der Waals surface area contributed by atoms with Crippen molar-refractivity contribution in [3.05, 3.63) is 12.2 Å². The van der Waals surface area contributed by atoms with Gasteiger partial charge in [0.1, 0.15) is 24.4 Å². The molecule has 0 amide bonds. The zero-order valence-electron chi connectivity index (χ0n) is 27.2. The van der Waals surface area contributed by atoms with Crippen molar-refractivity contribution >= 4 is 0 Å². The van der Waals surface area contributed by atoms with Crippen molar-refractivity contribution in [1.82, 2.24) is 0 Å². The van der Waals surface area contributed by atoms with Crippen LogP contribution in [-0.2, 0) is 9.47 Å². The minimum atomic E-state index is -1.58. The van der Waals surface area contributed by atoms with Crippen molar-refractivity contribution in [2.75, 3.05) is 6.61 Å². The average molecular weight is 627 g/mol. The number of rotatable bonds is 8. The summed E-state index contributed by atoms with van der Waals surface area (Å²) in [6.07, 6.45) is -4.13. The molecule has 4 aliphatic carbocycles. The molecule has 10 nitrogen and oxygen atoms in total. The van der Waals surface area contributed by atoms with Crippen LogP contribution in [0.15, 0.2) is 12.2 Å². The maximum absolute atomic E-state index is 12.1. The first-order valence-electron chi connectivity index (χ1n) is 16.8. The number of fused-ring (bicyclic) bond motifs is 5. The van der Waals surface area contributed by atoms with Crippen LogP contribution in [0.4, 0.5) is 0 Å². The fourth-order valence-electron chi connectivity index (χ4n) is 11.0. The van der Waals surface area contributed by atoms with Crippen LogP contribution in [0, 0.1) is 39.9 Å². The molecule has 1 aliphatic heterocycles. The maximum atomic E-state index is 12.1. The SMILES string of the molecule is C=C(C)[C@@H](O)CC[C@](C)(O[C@H]1O[C@@H](CO)[C@H](O)[C@@H](O)[C@@H]1O)[C@H]1CC[C@]2(C)C1C(O)CC1[C@@]3(C)C[C@@H](O)[C@H](O)CC3CC[C@]12C. The van der Waals surface area contributed by atoms with Gasteiger partial charge >= 0.3 is 0 Å². The molecule has 4 unspecified atom stereocenters. The van der Waals surface area contributed by atoms with E-state index in [-0.39, 0.29) is 39.9 Å². The van der Waals surface area contributed by atoms with Crippen molar-refractivity contribution in [2.24, 2.45) is 39.9 Å². The van der Waals surface area contributed by atoms with Crippen LogP contribution in [-0.4, -0.2) is 108 Å². The first kappa shape index (κ1) is 34.7. The van der Waals surface area contributed by atoms with Crippen LogP contribution >= 0.6 is 0 Å². The molecule has 0 aromatic carbocycles. The summed E-state index contributed by atoms with van der Waals surface area (Å²) in [5.41, 5.74) is -1.01. The van der Waals surface area contributed by atoms with Gasteiger partial charge in [-0.1, -0.05) is 32.9 Å². The monoisotopic (exact) mass is 626 g/mol. The van der Waals surface area contributed by atoms with Gasteiger partial charge in [-0.3, -0.25) is 0 Å². The van der Waals surface area contributed by atoms with Gasteiger partial charge in [0.2, 0.25) is 0 Å². The Morgan fingerprint density at radius 1 is 0.932 bits per heavy atom. The lowest BCUT2D eigenvalue weighted by Crippen LogP contribution is -2.66. The number of hydrogen-bond acceptors (Lipinski definition) is 10. The average Bonchev–Trinajstić information content (AvgIpc) is 3.35. The summed E-state index contributed by atoms with van der Waals surface area (Å²) in [7, 11) is 0. The van der Waals surface area contributed by atoms with E-state index in [2.05, 4.69) is 27.4 Å². The highest BCUT2D eigenvalue weighted by Gasteiger charge is 2.70. The fraction of sp³-hybridized carbons (Fsp3) is 0.941. The van der Waals surface area contributed by atoms with Crippen molar-refractivity contribution in [2.45, 2.75) is 153 Å². The molecule has 5 rings (SSSR count). The predicted molar refractivity (Wildman–Crippen MR) is 162 cm³/mol. The lowest BCUT2D eigenvalue weighted by Gasteiger charge is -2.68. The van der Waals surface area contributed by atoms with Gasteiger partial charge in [0.15, 0.2) is 6.29 Å². The second kappa shape index (κ2) is 12.1. The third-order valence-corrected chi connectivity index (χ3v) is 14.0. The first-order valence-corrected chi connectivity index (χ1v) is 16.8. The van der Waals surface area contributed by atoms with E-state index in [1.54, 1.807) is 6.92 Å². The highest BCUT2D eigenvalue weighted by atomic mass is 16.7. The van der Waals surface area contributed by atoms with E-state index in [4.69, 9.17) is 9.47 Å². The summed E-state index contributed by atoms with van der Waals surface area (Å²) in [6.45, 7) is 13.9. The highest BCUT2D eigenvalue weighted by Crippen LogP contribution is 2.74. The number of aliphatic hydroxyl groups is 8. The summed E-state index contributed by atoms with van der Waals surface area (Å²) < 4.78 is 12.4. The Morgan fingerprint density at radius 2 is 1.59 bits per heavy atom. The van der Waals surface area contributed by atoms with Gasteiger partial charge in [-0.05, 0) is 112 Å². The molecule has 5 fully saturated rings. The molecule has 1 heterocycles. The summed E-state index contributed by atoms with van der Waals surface area (Å²) in [4.78, 5) is 0. The number of aliphatic hydroxyl groups excluding tert-OH is 8. The molecular weight excluding hydrogens is 568 g/mol. The summed E-state index contributed by atoms with van der Waals surface area (Å²) in [6, 6.07) is 0. The molecule has 1 saturated heterocycles. The Bertz CT molecular complexity index is 1060. The minimum absolute atomic E-state index is 0.139. The molecule has 0 bridgehead atoms. The smallest absolute Gasteiger partial charge is 0.187 e. The second-order valence-electron chi connectivity index (χ2n) is 16.2. The Balaban J connectivity index is 1.48. The molecule has 44 heavy (non-hydrogen) atoms. The molecule has 8 N–H and O–H groups in total. The van der Waals surface area contributed by atoms with Gasteiger partial charge in [0, 0.05) is 0 Å². The minimum Gasteiger partial charge on any atom is -0.394 e. The van der Waals surface area contributed by atoms with E-state index >= 15 is 0 Å². The maximum Gasteiger partial charge on any atom is 0.187 e. The van der Waals surface area contributed by atoms with Crippen LogP contribution in [0.5, 0.6) is 0 Å². The fourth-order valence-corrected chi connectivity index (χ4v) is 11.0. The van der Waals surface area contributed by atoms with E-state index in [0.717, 1.165) is 25.7 Å². The first-order chi connectivity index (χ1) is 20.4. The molecule has 0 spiro atoms. The summed E-state index contributed by atoms with van der Waals surface area (Å²) in [5, 5.41) is 85.7. The Hall–Kier alpha value is -0.660. The Kier molecular flexibility index (Phi) is 9.53. The van der Waals surface area contributed by atoms with Gasteiger partial charge in [0.25, 0.3) is 0 Å². The lowest BCUT2D eigenvalue weighted by molar-refractivity contribution is -0.336. The van der Waals surface area contributed by atoms with Crippen molar-refractivity contribution < 1.29 is 50.3 Å². The molecule has 17 atom stereocenters. The third kappa shape index (κ3) is 5.33.